The molecule has 4 heterocycles. The number of piperazine rings is 1. The summed E-state index contributed by atoms with van der Waals surface area (Å²) in [6, 6.07) is 11.8. The molecule has 0 saturated carbocycles. The van der Waals surface area contributed by atoms with Gasteiger partial charge >= 0.3 is 5.97 Å². The van der Waals surface area contributed by atoms with Crippen LogP contribution in [0.3, 0.4) is 0 Å². The number of esters is 1. The van der Waals surface area contributed by atoms with Crippen molar-refractivity contribution >= 4 is 40.2 Å². The van der Waals surface area contributed by atoms with Gasteiger partial charge in [0.15, 0.2) is 5.70 Å². The van der Waals surface area contributed by atoms with E-state index >= 15 is 0 Å². The number of cyclic esters (lactones) is 1. The first-order valence-electron chi connectivity index (χ1n) is 8.76. The number of thiophene rings is 1. The fourth-order valence-electron chi connectivity index (χ4n) is 3.23. The zero-order valence-corrected chi connectivity index (χ0v) is 15.3. The van der Waals surface area contributed by atoms with E-state index in [2.05, 4.69) is 24.8 Å². The van der Waals surface area contributed by atoms with Crippen molar-refractivity contribution in [3.05, 3.63) is 58.6 Å². The maximum atomic E-state index is 12.1. The molecule has 7 nitrogen and oxygen atoms in total. The normalized spacial score (nSPS) is 19.0. The minimum absolute atomic E-state index is 0.357. The Balaban J connectivity index is 1.28. The molecule has 0 amide bonds. The van der Waals surface area contributed by atoms with Crippen LogP contribution in [0.4, 0.5) is 5.95 Å². The molecule has 5 rings (SSSR count). The molecule has 1 aromatic carbocycles. The molecule has 0 radical (unpaired) electrons. The third-order valence-corrected chi connectivity index (χ3v) is 5.51. The zero-order valence-electron chi connectivity index (χ0n) is 14.5. The molecule has 2 aliphatic heterocycles. The van der Waals surface area contributed by atoms with Gasteiger partial charge in [0.1, 0.15) is 0 Å². The number of anilines is 1. The van der Waals surface area contributed by atoms with E-state index in [1.807, 2.05) is 41.8 Å². The van der Waals surface area contributed by atoms with Crippen molar-refractivity contribution in [2.24, 2.45) is 4.99 Å². The molecule has 0 unspecified atom stereocenters. The van der Waals surface area contributed by atoms with Gasteiger partial charge in [0, 0.05) is 32.4 Å². The van der Waals surface area contributed by atoms with Crippen LogP contribution in [0.15, 0.2) is 58.7 Å². The van der Waals surface area contributed by atoms with Crippen LogP contribution in [-0.4, -0.2) is 52.9 Å². The number of imidazole rings is 1. The number of ether oxygens (including phenoxy) is 1. The number of carbonyl (C=O) groups is 1. The highest BCUT2D eigenvalue weighted by atomic mass is 32.1. The molecule has 0 atom stereocenters. The number of aromatic nitrogens is 2. The summed E-state index contributed by atoms with van der Waals surface area (Å²) in [5, 5.41) is 1.94. The number of hydrogen-bond acceptors (Lipinski definition) is 7. The number of benzene rings is 1. The Morgan fingerprint density at radius 3 is 2.74 bits per heavy atom. The number of fused-ring (bicyclic) bond motifs is 1. The van der Waals surface area contributed by atoms with E-state index < -0.39 is 5.97 Å². The monoisotopic (exact) mass is 379 g/mol. The van der Waals surface area contributed by atoms with E-state index in [0.717, 1.165) is 48.0 Å². The second kappa shape index (κ2) is 6.55. The average Bonchev–Trinajstić information content (AvgIpc) is 3.42. The van der Waals surface area contributed by atoms with Gasteiger partial charge in [-0.25, -0.2) is 14.8 Å². The van der Waals surface area contributed by atoms with Crippen molar-refractivity contribution < 1.29 is 9.53 Å². The van der Waals surface area contributed by atoms with E-state index in [9.17, 15) is 4.79 Å². The topological polar surface area (TPSA) is 73.8 Å². The highest BCUT2D eigenvalue weighted by molar-refractivity contribution is 7.12. The van der Waals surface area contributed by atoms with Crippen LogP contribution in [0.1, 0.15) is 4.88 Å². The first-order valence-corrected chi connectivity index (χ1v) is 9.64. The highest BCUT2D eigenvalue weighted by Crippen LogP contribution is 2.22. The third-order valence-electron chi connectivity index (χ3n) is 4.65. The van der Waals surface area contributed by atoms with Gasteiger partial charge in [-0.3, -0.25) is 0 Å². The number of hydrogen-bond donors (Lipinski definition) is 1. The van der Waals surface area contributed by atoms with Gasteiger partial charge in [0.2, 0.25) is 11.8 Å². The molecule has 0 bridgehead atoms. The number of carbonyl (C=O) groups excluding carboxylic acids is 1. The largest absolute Gasteiger partial charge is 0.401 e. The lowest BCUT2D eigenvalue weighted by molar-refractivity contribution is -0.130. The molecule has 2 aromatic heterocycles. The Morgan fingerprint density at radius 1 is 1.11 bits per heavy atom. The minimum Gasteiger partial charge on any atom is -0.401 e. The summed E-state index contributed by atoms with van der Waals surface area (Å²) in [5.41, 5.74) is 2.37. The fourth-order valence-corrected chi connectivity index (χ4v) is 3.88. The van der Waals surface area contributed by atoms with Crippen LogP contribution in [0.5, 0.6) is 0 Å². The van der Waals surface area contributed by atoms with Crippen molar-refractivity contribution in [3.8, 4) is 0 Å². The number of para-hydroxylation sites is 2. The summed E-state index contributed by atoms with van der Waals surface area (Å²) in [7, 11) is 0. The molecule has 1 N–H and O–H groups in total. The molecule has 3 aromatic rings. The summed E-state index contributed by atoms with van der Waals surface area (Å²) in [6.07, 6.45) is 1.80. The molecule has 27 heavy (non-hydrogen) atoms. The quantitative estimate of drug-likeness (QED) is 0.559. The summed E-state index contributed by atoms with van der Waals surface area (Å²) >= 11 is 1.50. The van der Waals surface area contributed by atoms with Gasteiger partial charge in [-0.15, -0.1) is 11.3 Å². The fraction of sp³-hybridized carbons (Fsp3) is 0.211. The van der Waals surface area contributed by atoms with Gasteiger partial charge in [-0.05, 0) is 23.6 Å². The number of aromatic amines is 1. The van der Waals surface area contributed by atoms with E-state index in [-0.39, 0.29) is 0 Å². The number of rotatable bonds is 3. The minimum atomic E-state index is -0.391. The molecule has 1 saturated heterocycles. The first kappa shape index (κ1) is 16.1. The van der Waals surface area contributed by atoms with Gasteiger partial charge < -0.3 is 19.5 Å². The van der Waals surface area contributed by atoms with Crippen LogP contribution < -0.4 is 4.90 Å². The lowest BCUT2D eigenvalue weighted by Crippen LogP contribution is -2.44. The van der Waals surface area contributed by atoms with Gasteiger partial charge in [-0.1, -0.05) is 18.2 Å². The molecular formula is C19H17N5O2S. The Morgan fingerprint density at radius 2 is 1.96 bits per heavy atom. The molecule has 8 heteroatoms. The zero-order chi connectivity index (χ0) is 18.2. The Bertz CT molecular complexity index is 1010. The summed E-state index contributed by atoms with van der Waals surface area (Å²) in [6.45, 7) is 3.22. The highest BCUT2D eigenvalue weighted by Gasteiger charge is 2.26. The smallest absolute Gasteiger partial charge is 0.365 e. The molecular weight excluding hydrogens is 362 g/mol. The van der Waals surface area contributed by atoms with Crippen LogP contribution in [0, 0.1) is 0 Å². The maximum Gasteiger partial charge on any atom is 0.365 e. The number of aliphatic imine (C=N–C) groups is 1. The summed E-state index contributed by atoms with van der Waals surface area (Å²) < 4.78 is 5.29. The van der Waals surface area contributed by atoms with E-state index in [1.165, 1.54) is 11.3 Å². The van der Waals surface area contributed by atoms with Crippen molar-refractivity contribution in [2.75, 3.05) is 31.1 Å². The van der Waals surface area contributed by atoms with Gasteiger partial charge in [-0.2, -0.15) is 0 Å². The average molecular weight is 379 g/mol. The third kappa shape index (κ3) is 3.08. The maximum absolute atomic E-state index is 12.1. The number of H-pyrrole nitrogens is 1. The SMILES string of the molecule is O=C1OC(c2cccs2)=N/C1=C/N1CCN(c2nc3ccccc3[nH]2)CC1. The number of nitrogens with one attached hydrogen (secondary N) is 1. The Hall–Kier alpha value is -3.13. The Kier molecular flexibility index (Phi) is 3.90. The molecule has 0 spiro atoms. The van der Waals surface area contributed by atoms with E-state index in [1.54, 1.807) is 6.20 Å². The second-order valence-corrected chi connectivity index (χ2v) is 7.35. The van der Waals surface area contributed by atoms with E-state index in [0.29, 0.717) is 11.6 Å². The molecule has 0 aliphatic carbocycles. The van der Waals surface area contributed by atoms with Gasteiger partial charge in [0.05, 0.1) is 15.9 Å². The van der Waals surface area contributed by atoms with Gasteiger partial charge in [0.25, 0.3) is 0 Å². The van der Waals surface area contributed by atoms with Crippen molar-refractivity contribution in [1.29, 1.82) is 0 Å². The van der Waals surface area contributed by atoms with Crippen molar-refractivity contribution in [1.82, 2.24) is 14.9 Å². The molecule has 136 valence electrons. The first-order chi connectivity index (χ1) is 13.3. The standard InChI is InChI=1S/C19H17N5O2S/c25-18-15(20-17(26-18)16-6-3-11-27-16)12-23-7-9-24(10-8-23)19-21-13-4-1-2-5-14(13)22-19/h1-6,11-12H,7-10H2,(H,21,22)/b15-12+. The lowest BCUT2D eigenvalue weighted by atomic mass is 10.3. The van der Waals surface area contributed by atoms with Crippen LogP contribution in [-0.2, 0) is 9.53 Å². The predicted octanol–water partition coefficient (Wildman–Crippen LogP) is 2.59. The lowest BCUT2D eigenvalue weighted by Gasteiger charge is -2.33. The van der Waals surface area contributed by atoms with Crippen LogP contribution >= 0.6 is 11.3 Å². The van der Waals surface area contributed by atoms with Crippen LogP contribution in [0.2, 0.25) is 0 Å². The van der Waals surface area contributed by atoms with Crippen molar-refractivity contribution in [3.63, 3.8) is 0 Å². The van der Waals surface area contributed by atoms with E-state index in [4.69, 9.17) is 4.74 Å². The molecule has 1 fully saturated rings. The molecule has 2 aliphatic rings. The van der Waals surface area contributed by atoms with Crippen molar-refractivity contribution in [2.45, 2.75) is 0 Å². The summed E-state index contributed by atoms with van der Waals surface area (Å²) in [5.74, 6) is 0.891. The number of nitrogens with zero attached hydrogens (tertiary/aromatic N) is 4. The second-order valence-electron chi connectivity index (χ2n) is 6.40. The van der Waals surface area contributed by atoms with Crippen LogP contribution in [0.25, 0.3) is 11.0 Å². The Labute approximate surface area is 159 Å². The summed E-state index contributed by atoms with van der Waals surface area (Å²) in [4.78, 5) is 29.7. The predicted molar refractivity (Wildman–Crippen MR) is 105 cm³/mol.